The van der Waals surface area contributed by atoms with Crippen LogP contribution in [0.1, 0.15) is 37.5 Å². The van der Waals surface area contributed by atoms with Gasteiger partial charge in [0.1, 0.15) is 12.4 Å². The molecule has 0 aromatic carbocycles. The molecular weight excluding hydrogens is 380 g/mol. The van der Waals surface area contributed by atoms with Gasteiger partial charge < -0.3 is 20.2 Å². The zero-order valence-corrected chi connectivity index (χ0v) is 16.8. The van der Waals surface area contributed by atoms with Gasteiger partial charge in [0.05, 0.1) is 17.6 Å². The van der Waals surface area contributed by atoms with Crippen LogP contribution in [0.2, 0.25) is 0 Å². The molecule has 5 heterocycles. The molecule has 1 fully saturated rings. The van der Waals surface area contributed by atoms with Crippen LogP contribution in [-0.4, -0.2) is 32.8 Å². The molecule has 154 valence electrons. The highest BCUT2D eigenvalue weighted by Crippen LogP contribution is 2.39. The van der Waals surface area contributed by atoms with Crippen LogP contribution in [0.5, 0.6) is 5.75 Å². The van der Waals surface area contributed by atoms with Crippen LogP contribution >= 0.6 is 0 Å². The van der Waals surface area contributed by atoms with E-state index in [1.165, 1.54) is 0 Å². The minimum Gasteiger partial charge on any atom is -0.479 e. The Morgan fingerprint density at radius 3 is 2.83 bits per heavy atom. The first kappa shape index (κ1) is 18.6. The third-order valence-corrected chi connectivity index (χ3v) is 5.67. The lowest BCUT2D eigenvalue weighted by Crippen LogP contribution is -2.29. The van der Waals surface area contributed by atoms with Crippen LogP contribution in [0, 0.1) is 0 Å². The van der Waals surface area contributed by atoms with Crippen molar-refractivity contribution in [1.82, 2.24) is 25.1 Å². The van der Waals surface area contributed by atoms with E-state index in [0.717, 1.165) is 48.0 Å². The summed E-state index contributed by atoms with van der Waals surface area (Å²) in [6.45, 7) is 4.00. The molecule has 4 aromatic rings. The summed E-state index contributed by atoms with van der Waals surface area (Å²) in [6.07, 6.45) is 12.8. The highest BCUT2D eigenvalue weighted by Gasteiger charge is 2.21. The van der Waals surface area contributed by atoms with Crippen LogP contribution in [0.25, 0.3) is 22.1 Å². The number of pyridine rings is 2. The zero-order chi connectivity index (χ0) is 20.5. The van der Waals surface area contributed by atoms with Gasteiger partial charge in [0.15, 0.2) is 11.4 Å². The normalized spacial score (nSPS) is 16.0. The number of piperidine rings is 1. The Hall–Kier alpha value is -3.39. The molecule has 0 bridgehead atoms. The smallest absolute Gasteiger partial charge is 0.205 e. The molecule has 0 amide bonds. The molecule has 30 heavy (non-hydrogen) atoms. The molecule has 0 radical (unpaired) electrons. The second-order valence-corrected chi connectivity index (χ2v) is 7.60. The number of furan rings is 1. The molecule has 0 unspecified atom stereocenters. The first-order valence-electron chi connectivity index (χ1n) is 10.2. The van der Waals surface area contributed by atoms with E-state index in [2.05, 4.69) is 31.3 Å². The summed E-state index contributed by atoms with van der Waals surface area (Å²) in [5, 5.41) is 8.84. The minimum atomic E-state index is -0.223. The van der Waals surface area contributed by atoms with Crippen molar-refractivity contribution >= 4 is 16.8 Å². The average Bonchev–Trinajstić information content (AvgIpc) is 3.44. The number of nitrogens with one attached hydrogen (secondary N) is 1. The molecule has 1 saturated heterocycles. The molecular formula is C22H24N6O2. The van der Waals surface area contributed by atoms with Gasteiger partial charge in [0, 0.05) is 35.9 Å². The molecule has 3 N–H and O–H groups in total. The molecule has 4 aromatic heterocycles. The molecule has 1 aliphatic heterocycles. The van der Waals surface area contributed by atoms with Crippen molar-refractivity contribution in [3.8, 4) is 16.9 Å². The van der Waals surface area contributed by atoms with Gasteiger partial charge in [-0.25, -0.2) is 4.98 Å². The van der Waals surface area contributed by atoms with E-state index in [4.69, 9.17) is 14.9 Å². The molecule has 0 saturated carbocycles. The number of fused-ring (bicyclic) bond motifs is 1. The van der Waals surface area contributed by atoms with E-state index in [1.807, 2.05) is 25.3 Å². The van der Waals surface area contributed by atoms with Gasteiger partial charge in [-0.15, -0.1) is 0 Å². The Morgan fingerprint density at radius 1 is 1.23 bits per heavy atom. The van der Waals surface area contributed by atoms with Gasteiger partial charge in [-0.2, -0.15) is 5.10 Å². The fraction of sp³-hybridized carbons (Fsp3) is 0.318. The first-order chi connectivity index (χ1) is 14.7. The largest absolute Gasteiger partial charge is 0.479 e. The van der Waals surface area contributed by atoms with Gasteiger partial charge >= 0.3 is 0 Å². The van der Waals surface area contributed by atoms with E-state index in [9.17, 15) is 0 Å². The molecule has 5 rings (SSSR count). The lowest BCUT2D eigenvalue weighted by Gasteiger charge is -2.22. The number of nitrogens with zero attached hydrogens (tertiary/aromatic N) is 4. The van der Waals surface area contributed by atoms with E-state index in [1.54, 1.807) is 24.9 Å². The highest BCUT2D eigenvalue weighted by molar-refractivity contribution is 5.97. The Morgan fingerprint density at radius 2 is 2.03 bits per heavy atom. The highest BCUT2D eigenvalue weighted by atomic mass is 16.5. The van der Waals surface area contributed by atoms with E-state index < -0.39 is 0 Å². The molecule has 8 nitrogen and oxygen atoms in total. The Kier molecular flexibility index (Phi) is 4.84. The Balaban J connectivity index is 1.47. The second kappa shape index (κ2) is 7.79. The van der Waals surface area contributed by atoms with Gasteiger partial charge in [0.25, 0.3) is 0 Å². The van der Waals surface area contributed by atoms with Crippen molar-refractivity contribution in [1.29, 1.82) is 0 Å². The third-order valence-electron chi connectivity index (χ3n) is 5.67. The summed E-state index contributed by atoms with van der Waals surface area (Å²) in [5.74, 6) is 0.753. The predicted octanol–water partition coefficient (Wildman–Crippen LogP) is 3.73. The second-order valence-electron chi connectivity index (χ2n) is 7.60. The summed E-state index contributed by atoms with van der Waals surface area (Å²) in [5.41, 5.74) is 9.64. The third kappa shape index (κ3) is 3.39. The van der Waals surface area contributed by atoms with Crippen LogP contribution < -0.4 is 15.8 Å². The Bertz CT molecular complexity index is 1150. The monoisotopic (exact) mass is 404 g/mol. The molecule has 8 heteroatoms. The topological polar surface area (TPSA) is 104 Å². The van der Waals surface area contributed by atoms with Crippen molar-refractivity contribution in [3.63, 3.8) is 0 Å². The van der Waals surface area contributed by atoms with Gasteiger partial charge in [0.2, 0.25) is 5.75 Å². The number of anilines is 1. The Labute approximate surface area is 174 Å². The maximum Gasteiger partial charge on any atom is 0.205 e. The van der Waals surface area contributed by atoms with Gasteiger partial charge in [-0.3, -0.25) is 9.67 Å². The van der Waals surface area contributed by atoms with Crippen LogP contribution in [-0.2, 0) is 0 Å². The van der Waals surface area contributed by atoms with Gasteiger partial charge in [-0.05, 0) is 50.6 Å². The van der Waals surface area contributed by atoms with E-state index >= 15 is 0 Å². The summed E-state index contributed by atoms with van der Waals surface area (Å²) in [4.78, 5) is 8.41. The molecule has 0 spiro atoms. The van der Waals surface area contributed by atoms with Crippen molar-refractivity contribution in [3.05, 3.63) is 54.9 Å². The number of nitrogen functional groups attached to an aromatic ring is 1. The number of nitrogens with two attached hydrogens (primary N) is 1. The predicted molar refractivity (Wildman–Crippen MR) is 114 cm³/mol. The molecule has 1 aliphatic rings. The van der Waals surface area contributed by atoms with Crippen molar-refractivity contribution < 1.29 is 9.15 Å². The van der Waals surface area contributed by atoms with Crippen molar-refractivity contribution in [2.24, 2.45) is 0 Å². The first-order valence-corrected chi connectivity index (χ1v) is 10.2. The van der Waals surface area contributed by atoms with Gasteiger partial charge in [-0.1, -0.05) is 0 Å². The van der Waals surface area contributed by atoms with Crippen LogP contribution in [0.3, 0.4) is 0 Å². The number of aromatic nitrogens is 4. The van der Waals surface area contributed by atoms with Crippen LogP contribution in [0.15, 0.2) is 53.8 Å². The number of hydrogen-bond acceptors (Lipinski definition) is 7. The number of ether oxygens (including phenoxy) is 1. The maximum atomic E-state index is 6.16. The number of hydrogen-bond donors (Lipinski definition) is 2. The van der Waals surface area contributed by atoms with Crippen molar-refractivity contribution in [2.45, 2.75) is 31.9 Å². The van der Waals surface area contributed by atoms with Crippen LogP contribution in [0.4, 0.5) is 5.82 Å². The SMILES string of the molecule is C[C@H](Oc1c(N)ncc2c(-c3cnn(C4CCNCC4)c3)coc12)c1ccncc1. The molecule has 0 aliphatic carbocycles. The quantitative estimate of drug-likeness (QED) is 0.522. The fourth-order valence-electron chi connectivity index (χ4n) is 3.94. The standard InChI is InChI=1S/C22H24N6O2/c1-14(15-2-6-24-7-3-15)30-21-20-18(11-26-22(21)23)19(13-29-20)16-10-27-28(12-16)17-4-8-25-9-5-17/h2-3,6-7,10-14,17,25H,4-5,8-9H2,1H3,(H2,23,26)/t14-/m0/s1. The lowest BCUT2D eigenvalue weighted by molar-refractivity contribution is 0.227. The van der Waals surface area contributed by atoms with E-state index in [0.29, 0.717) is 23.2 Å². The summed E-state index contributed by atoms with van der Waals surface area (Å²) in [6, 6.07) is 4.25. The molecule has 1 atom stereocenters. The maximum absolute atomic E-state index is 6.16. The summed E-state index contributed by atoms with van der Waals surface area (Å²) in [7, 11) is 0. The summed E-state index contributed by atoms with van der Waals surface area (Å²) >= 11 is 0. The van der Waals surface area contributed by atoms with E-state index in [-0.39, 0.29) is 6.10 Å². The average molecular weight is 404 g/mol. The zero-order valence-electron chi connectivity index (χ0n) is 16.8. The van der Waals surface area contributed by atoms with Crippen molar-refractivity contribution in [2.75, 3.05) is 18.8 Å². The fourth-order valence-corrected chi connectivity index (χ4v) is 3.94. The minimum absolute atomic E-state index is 0.223. The lowest BCUT2D eigenvalue weighted by atomic mass is 10.1. The summed E-state index contributed by atoms with van der Waals surface area (Å²) < 4.78 is 14.1. The number of rotatable bonds is 5.